The van der Waals surface area contributed by atoms with Crippen LogP contribution >= 0.6 is 0 Å². The minimum atomic E-state index is -0.383. The van der Waals surface area contributed by atoms with Gasteiger partial charge in [0.1, 0.15) is 0 Å². The van der Waals surface area contributed by atoms with E-state index in [4.69, 9.17) is 0 Å². The summed E-state index contributed by atoms with van der Waals surface area (Å²) in [6, 6.07) is 13.4. The molecule has 0 spiro atoms. The van der Waals surface area contributed by atoms with Crippen molar-refractivity contribution in [2.24, 2.45) is 4.99 Å². The molecular weight excluding hydrogens is 288 g/mol. The first-order valence-electron chi connectivity index (χ1n) is 7.17. The second kappa shape index (κ2) is 5.46. The highest BCUT2D eigenvalue weighted by Gasteiger charge is 2.14. The molecule has 0 bridgehead atoms. The smallest absolute Gasteiger partial charge is 0.297 e. The van der Waals surface area contributed by atoms with Gasteiger partial charge >= 0.3 is 0 Å². The summed E-state index contributed by atoms with van der Waals surface area (Å²) in [6.45, 7) is 0. The summed E-state index contributed by atoms with van der Waals surface area (Å²) in [5, 5.41) is 2.03. The summed E-state index contributed by atoms with van der Waals surface area (Å²) in [5.41, 5.74) is 2.77. The van der Waals surface area contributed by atoms with Gasteiger partial charge in [-0.3, -0.25) is 9.78 Å². The fraction of sp³-hybridized carbons (Fsp3) is 0. The Balaban J connectivity index is 1.79. The van der Waals surface area contributed by atoms with E-state index in [-0.39, 0.29) is 5.91 Å². The van der Waals surface area contributed by atoms with Gasteiger partial charge in [0.2, 0.25) is 0 Å². The minimum absolute atomic E-state index is 0.318. The van der Waals surface area contributed by atoms with Crippen molar-refractivity contribution in [2.75, 3.05) is 0 Å². The summed E-state index contributed by atoms with van der Waals surface area (Å²) in [4.78, 5) is 27.9. The second-order valence-corrected chi connectivity index (χ2v) is 5.10. The normalized spacial score (nSPS) is 11.5. The lowest BCUT2D eigenvalue weighted by atomic mass is 10.1. The lowest BCUT2D eigenvalue weighted by Crippen LogP contribution is -2.00. The van der Waals surface area contributed by atoms with Crippen molar-refractivity contribution < 1.29 is 4.79 Å². The Morgan fingerprint density at radius 2 is 1.96 bits per heavy atom. The zero-order chi connectivity index (χ0) is 15.6. The van der Waals surface area contributed by atoms with E-state index in [0.29, 0.717) is 11.2 Å². The first kappa shape index (κ1) is 13.3. The average Bonchev–Trinajstić information content (AvgIpc) is 2.99. The molecule has 4 rings (SSSR count). The van der Waals surface area contributed by atoms with Crippen LogP contribution in [0.25, 0.3) is 21.8 Å². The van der Waals surface area contributed by atoms with Gasteiger partial charge in [-0.2, -0.15) is 0 Å². The number of aliphatic imine (C=N–C) groups is 1. The molecule has 0 atom stereocenters. The molecule has 110 valence electrons. The Kier molecular flexibility index (Phi) is 3.16. The van der Waals surface area contributed by atoms with Crippen LogP contribution in [0, 0.1) is 0 Å². The topological polar surface area (TPSA) is 71.0 Å². The first-order valence-corrected chi connectivity index (χ1v) is 7.17. The van der Waals surface area contributed by atoms with Crippen molar-refractivity contribution in [1.29, 1.82) is 0 Å². The number of H-pyrrole nitrogens is 1. The van der Waals surface area contributed by atoms with Gasteiger partial charge in [0, 0.05) is 46.7 Å². The lowest BCUT2D eigenvalue weighted by Gasteiger charge is -1.97. The second-order valence-electron chi connectivity index (χ2n) is 5.10. The third-order valence-corrected chi connectivity index (χ3v) is 3.65. The number of rotatable bonds is 2. The van der Waals surface area contributed by atoms with E-state index in [0.717, 1.165) is 21.9 Å². The maximum absolute atomic E-state index is 12.4. The molecule has 0 saturated carbocycles. The highest BCUT2D eigenvalue weighted by Crippen LogP contribution is 2.26. The average molecular weight is 300 g/mol. The molecule has 0 aliphatic carbocycles. The molecule has 5 nitrogen and oxygen atoms in total. The molecule has 5 heteroatoms. The van der Waals surface area contributed by atoms with Crippen LogP contribution in [-0.2, 0) is 0 Å². The number of hydrogen-bond donors (Lipinski definition) is 1. The number of nitrogens with zero attached hydrogens (tertiary/aromatic N) is 3. The SMILES string of the molecule is O=C(N=Cc1cccnc1)c1nccc2c1[nH]c1ccccc12. The van der Waals surface area contributed by atoms with E-state index >= 15 is 0 Å². The molecule has 0 unspecified atom stereocenters. The molecule has 3 aromatic heterocycles. The maximum Gasteiger partial charge on any atom is 0.297 e. The number of para-hydroxylation sites is 1. The summed E-state index contributed by atoms with van der Waals surface area (Å²) in [5.74, 6) is -0.383. The van der Waals surface area contributed by atoms with Crippen LogP contribution < -0.4 is 0 Å². The van der Waals surface area contributed by atoms with E-state index in [1.807, 2.05) is 36.4 Å². The largest absolute Gasteiger partial charge is 0.353 e. The lowest BCUT2D eigenvalue weighted by molar-refractivity contribution is 0.100. The predicted molar refractivity (Wildman–Crippen MR) is 89.8 cm³/mol. The molecule has 0 aliphatic heterocycles. The molecule has 4 aromatic rings. The maximum atomic E-state index is 12.4. The van der Waals surface area contributed by atoms with Crippen LogP contribution in [0.1, 0.15) is 16.1 Å². The summed E-state index contributed by atoms with van der Waals surface area (Å²) in [6.07, 6.45) is 6.45. The van der Waals surface area contributed by atoms with Crippen molar-refractivity contribution in [3.05, 3.63) is 72.3 Å². The van der Waals surface area contributed by atoms with Crippen molar-refractivity contribution in [2.45, 2.75) is 0 Å². The number of amides is 1. The fourth-order valence-electron chi connectivity index (χ4n) is 2.58. The third-order valence-electron chi connectivity index (χ3n) is 3.65. The van der Waals surface area contributed by atoms with Crippen molar-refractivity contribution in [3.8, 4) is 0 Å². The molecule has 1 N–H and O–H groups in total. The highest BCUT2D eigenvalue weighted by atomic mass is 16.1. The number of benzene rings is 1. The molecule has 1 aromatic carbocycles. The third kappa shape index (κ3) is 2.38. The van der Waals surface area contributed by atoms with Crippen LogP contribution in [0.15, 0.2) is 66.0 Å². The van der Waals surface area contributed by atoms with Gasteiger partial charge in [0.25, 0.3) is 5.91 Å². The molecule has 0 fully saturated rings. The van der Waals surface area contributed by atoms with Gasteiger partial charge in [-0.15, -0.1) is 0 Å². The van der Waals surface area contributed by atoms with Gasteiger partial charge in [0.05, 0.1) is 5.52 Å². The number of aromatic nitrogens is 3. The van der Waals surface area contributed by atoms with E-state index in [9.17, 15) is 4.79 Å². The Morgan fingerprint density at radius 1 is 1.04 bits per heavy atom. The number of carbonyl (C=O) groups excluding carboxylic acids is 1. The molecule has 23 heavy (non-hydrogen) atoms. The minimum Gasteiger partial charge on any atom is -0.353 e. The van der Waals surface area contributed by atoms with Gasteiger partial charge in [-0.05, 0) is 18.2 Å². The van der Waals surface area contributed by atoms with Gasteiger partial charge in [-0.25, -0.2) is 9.98 Å². The van der Waals surface area contributed by atoms with Crippen molar-refractivity contribution in [3.63, 3.8) is 0 Å². The quantitative estimate of drug-likeness (QED) is 0.577. The highest BCUT2D eigenvalue weighted by molar-refractivity contribution is 6.15. The van der Waals surface area contributed by atoms with Gasteiger partial charge in [-0.1, -0.05) is 24.3 Å². The zero-order valence-electron chi connectivity index (χ0n) is 12.1. The standard InChI is InChI=1S/C18H12N4O/c23-18(21-11-12-4-3-8-19-10-12)17-16-14(7-9-20-17)13-5-1-2-6-15(13)22-16/h1-11,22H. The molecule has 1 amide bonds. The van der Waals surface area contributed by atoms with Crippen LogP contribution in [-0.4, -0.2) is 27.1 Å². The number of hydrogen-bond acceptors (Lipinski definition) is 3. The summed E-state index contributed by atoms with van der Waals surface area (Å²) in [7, 11) is 0. The van der Waals surface area contributed by atoms with Crippen LogP contribution in [0.4, 0.5) is 0 Å². The Labute approximate surface area is 131 Å². The Hall–Kier alpha value is -3.34. The van der Waals surface area contributed by atoms with Gasteiger partial charge < -0.3 is 4.98 Å². The number of fused-ring (bicyclic) bond motifs is 3. The van der Waals surface area contributed by atoms with Crippen molar-refractivity contribution in [1.82, 2.24) is 15.0 Å². The Bertz CT molecular complexity index is 1030. The monoisotopic (exact) mass is 300 g/mol. The molecule has 0 saturated heterocycles. The Morgan fingerprint density at radius 3 is 2.83 bits per heavy atom. The predicted octanol–water partition coefficient (Wildman–Crippen LogP) is 3.37. The summed E-state index contributed by atoms with van der Waals surface area (Å²) < 4.78 is 0. The summed E-state index contributed by atoms with van der Waals surface area (Å²) >= 11 is 0. The molecule has 3 heterocycles. The van der Waals surface area contributed by atoms with E-state index in [1.54, 1.807) is 24.7 Å². The molecule has 0 radical (unpaired) electrons. The van der Waals surface area contributed by atoms with Crippen LogP contribution in [0.2, 0.25) is 0 Å². The van der Waals surface area contributed by atoms with E-state index in [1.165, 1.54) is 6.21 Å². The number of pyridine rings is 2. The van der Waals surface area contributed by atoms with Crippen molar-refractivity contribution >= 4 is 33.9 Å². The van der Waals surface area contributed by atoms with E-state index in [2.05, 4.69) is 19.9 Å². The van der Waals surface area contributed by atoms with Gasteiger partial charge in [0.15, 0.2) is 5.69 Å². The van der Waals surface area contributed by atoms with Crippen LogP contribution in [0.5, 0.6) is 0 Å². The zero-order valence-corrected chi connectivity index (χ0v) is 12.1. The number of nitrogens with one attached hydrogen (secondary N) is 1. The first-order chi connectivity index (χ1) is 11.3. The van der Waals surface area contributed by atoms with E-state index < -0.39 is 0 Å². The molecular formula is C18H12N4O. The molecule has 0 aliphatic rings. The number of carbonyl (C=O) groups is 1. The fourth-order valence-corrected chi connectivity index (χ4v) is 2.58. The number of aromatic amines is 1. The van der Waals surface area contributed by atoms with Crippen LogP contribution in [0.3, 0.4) is 0 Å².